The van der Waals surface area contributed by atoms with Gasteiger partial charge in [-0.05, 0) is 30.7 Å². The number of benzene rings is 1. The van der Waals surface area contributed by atoms with Gasteiger partial charge >= 0.3 is 0 Å². The third kappa shape index (κ3) is 4.51. The van der Waals surface area contributed by atoms with Gasteiger partial charge in [-0.1, -0.05) is 0 Å². The molecule has 0 aliphatic carbocycles. The van der Waals surface area contributed by atoms with E-state index in [-0.39, 0.29) is 17.5 Å². The summed E-state index contributed by atoms with van der Waals surface area (Å²) in [5.41, 5.74) is 0.881. The maximum atomic E-state index is 11.5. The molecule has 1 aliphatic rings. The van der Waals surface area contributed by atoms with Crippen LogP contribution in [0.2, 0.25) is 0 Å². The summed E-state index contributed by atoms with van der Waals surface area (Å²) in [7, 11) is 0.328. The van der Waals surface area contributed by atoms with Crippen molar-refractivity contribution in [1.82, 2.24) is 25.8 Å². The number of ether oxygens (including phenoxy) is 1. The molecule has 1 atom stereocenters. The summed E-state index contributed by atoms with van der Waals surface area (Å²) in [6.45, 7) is 0.391. The fraction of sp³-hybridized carbons (Fsp3) is 0.438. The number of aromatic amines is 1. The molecule has 1 saturated heterocycles. The molecule has 1 unspecified atom stereocenters. The normalized spacial score (nSPS) is 19.3. The smallest absolute Gasteiger partial charge is 0.191 e. The number of H-pyrrole nitrogens is 1. The summed E-state index contributed by atoms with van der Waals surface area (Å²) in [6, 6.07) is 7.37. The number of guanidine groups is 1. The van der Waals surface area contributed by atoms with Crippen LogP contribution in [0, 0.1) is 0 Å². The molecule has 3 N–H and O–H groups in total. The van der Waals surface area contributed by atoms with E-state index in [4.69, 9.17) is 4.74 Å². The Morgan fingerprint density at radius 2 is 2.15 bits per heavy atom. The molecular formula is C16H22N6O3S. The number of hydrogen-bond acceptors (Lipinski definition) is 6. The van der Waals surface area contributed by atoms with Gasteiger partial charge in [0.25, 0.3) is 0 Å². The van der Waals surface area contributed by atoms with Crippen LogP contribution in [-0.4, -0.2) is 61.3 Å². The van der Waals surface area contributed by atoms with Gasteiger partial charge < -0.3 is 15.4 Å². The second kappa shape index (κ2) is 7.73. The van der Waals surface area contributed by atoms with Gasteiger partial charge in [0, 0.05) is 18.7 Å². The summed E-state index contributed by atoms with van der Waals surface area (Å²) in [6.07, 6.45) is 0.590. The van der Waals surface area contributed by atoms with E-state index in [1.165, 1.54) is 0 Å². The van der Waals surface area contributed by atoms with Gasteiger partial charge in [0.05, 0.1) is 25.2 Å². The first-order chi connectivity index (χ1) is 12.5. The molecule has 3 rings (SSSR count). The third-order valence-electron chi connectivity index (χ3n) is 4.10. The molecule has 1 aromatic carbocycles. The number of methoxy groups -OCH3 is 1. The number of rotatable bonds is 5. The second-order valence-electron chi connectivity index (χ2n) is 6.00. The van der Waals surface area contributed by atoms with Crippen LogP contribution in [0.4, 0.5) is 0 Å². The minimum absolute atomic E-state index is 0.115. The van der Waals surface area contributed by atoms with Gasteiger partial charge in [-0.15, -0.1) is 0 Å². The highest BCUT2D eigenvalue weighted by atomic mass is 32.2. The minimum Gasteiger partial charge on any atom is -0.497 e. The van der Waals surface area contributed by atoms with E-state index in [9.17, 15) is 8.42 Å². The minimum atomic E-state index is -2.93. The van der Waals surface area contributed by atoms with Crippen LogP contribution in [0.3, 0.4) is 0 Å². The molecule has 10 heteroatoms. The van der Waals surface area contributed by atoms with Crippen molar-refractivity contribution in [1.29, 1.82) is 0 Å². The molecule has 0 bridgehead atoms. The molecule has 2 aromatic rings. The molecule has 0 amide bonds. The molecule has 1 aromatic heterocycles. The first-order valence-corrected chi connectivity index (χ1v) is 10.0. The number of aliphatic imine (C=N–C) groups is 1. The van der Waals surface area contributed by atoms with Gasteiger partial charge in [0.15, 0.2) is 21.6 Å². The number of sulfone groups is 1. The zero-order valence-corrected chi connectivity index (χ0v) is 15.5. The fourth-order valence-corrected chi connectivity index (χ4v) is 4.38. The SMILES string of the molecule is CN=C(NCc1nc(-c2ccc(OC)cc2)n[nH]1)NC1CCS(=O)(=O)C1. The van der Waals surface area contributed by atoms with Crippen LogP contribution in [0.15, 0.2) is 29.3 Å². The molecule has 140 valence electrons. The number of nitrogens with one attached hydrogen (secondary N) is 3. The lowest BCUT2D eigenvalue weighted by Gasteiger charge is -2.15. The Labute approximate surface area is 152 Å². The average molecular weight is 378 g/mol. The molecule has 2 heterocycles. The number of nitrogens with zero attached hydrogens (tertiary/aromatic N) is 3. The second-order valence-corrected chi connectivity index (χ2v) is 8.23. The largest absolute Gasteiger partial charge is 0.497 e. The van der Waals surface area contributed by atoms with Crippen LogP contribution in [0.5, 0.6) is 5.75 Å². The first-order valence-electron chi connectivity index (χ1n) is 8.22. The highest BCUT2D eigenvalue weighted by Gasteiger charge is 2.28. The standard InChI is InChI=1S/C16H22N6O3S/c1-17-16(19-12-7-8-26(23,24)10-12)18-9-14-20-15(22-21-14)11-3-5-13(25-2)6-4-11/h3-6,12H,7-10H2,1-2H3,(H2,17,18,19)(H,20,21,22). The Kier molecular flexibility index (Phi) is 5.40. The molecule has 9 nitrogen and oxygen atoms in total. The monoisotopic (exact) mass is 378 g/mol. The summed E-state index contributed by atoms with van der Waals surface area (Å²) < 4.78 is 28.2. The van der Waals surface area contributed by atoms with Crippen LogP contribution in [-0.2, 0) is 16.4 Å². The molecule has 0 radical (unpaired) electrons. The highest BCUT2D eigenvalue weighted by molar-refractivity contribution is 7.91. The van der Waals surface area contributed by atoms with Crippen molar-refractivity contribution >= 4 is 15.8 Å². The van der Waals surface area contributed by atoms with E-state index >= 15 is 0 Å². The maximum absolute atomic E-state index is 11.5. The van der Waals surface area contributed by atoms with Gasteiger partial charge in [0.1, 0.15) is 11.6 Å². The maximum Gasteiger partial charge on any atom is 0.191 e. The van der Waals surface area contributed by atoms with E-state index in [1.807, 2.05) is 24.3 Å². The summed E-state index contributed by atoms with van der Waals surface area (Å²) in [4.78, 5) is 8.57. The van der Waals surface area contributed by atoms with Gasteiger partial charge in [-0.3, -0.25) is 10.1 Å². The molecule has 1 aliphatic heterocycles. The quantitative estimate of drug-likeness (QED) is 0.506. The lowest BCUT2D eigenvalue weighted by Crippen LogP contribution is -2.43. The molecule has 0 saturated carbocycles. The molecular weight excluding hydrogens is 356 g/mol. The first kappa shape index (κ1) is 18.2. The van der Waals surface area contributed by atoms with Crippen molar-refractivity contribution in [3.63, 3.8) is 0 Å². The Morgan fingerprint density at radius 1 is 1.38 bits per heavy atom. The van der Waals surface area contributed by atoms with Gasteiger partial charge in [-0.2, -0.15) is 5.10 Å². The zero-order valence-electron chi connectivity index (χ0n) is 14.7. The summed E-state index contributed by atoms with van der Waals surface area (Å²) in [5, 5.41) is 13.3. The topological polar surface area (TPSA) is 121 Å². The van der Waals surface area contributed by atoms with Crippen LogP contribution >= 0.6 is 0 Å². The predicted molar refractivity (Wildman–Crippen MR) is 98.8 cm³/mol. The van der Waals surface area contributed by atoms with Crippen LogP contribution < -0.4 is 15.4 Å². The Hall–Kier alpha value is -2.62. The average Bonchev–Trinajstić information content (AvgIpc) is 3.25. The zero-order chi connectivity index (χ0) is 18.6. The van der Waals surface area contributed by atoms with E-state index in [1.54, 1.807) is 14.2 Å². The fourth-order valence-electron chi connectivity index (χ4n) is 2.71. The Balaban J connectivity index is 1.56. The van der Waals surface area contributed by atoms with Gasteiger partial charge in [0.2, 0.25) is 0 Å². The van der Waals surface area contributed by atoms with E-state index in [0.29, 0.717) is 30.6 Å². The van der Waals surface area contributed by atoms with Crippen LogP contribution in [0.25, 0.3) is 11.4 Å². The molecule has 1 fully saturated rings. The lowest BCUT2D eigenvalue weighted by molar-refractivity contribution is 0.415. The van der Waals surface area contributed by atoms with Crippen LogP contribution in [0.1, 0.15) is 12.2 Å². The van der Waals surface area contributed by atoms with Crippen molar-refractivity contribution in [2.45, 2.75) is 19.0 Å². The van der Waals surface area contributed by atoms with Crippen molar-refractivity contribution in [3.05, 3.63) is 30.1 Å². The van der Waals surface area contributed by atoms with Crippen molar-refractivity contribution < 1.29 is 13.2 Å². The van der Waals surface area contributed by atoms with E-state index in [0.717, 1.165) is 11.3 Å². The Morgan fingerprint density at radius 3 is 2.77 bits per heavy atom. The van der Waals surface area contributed by atoms with E-state index in [2.05, 4.69) is 30.8 Å². The highest BCUT2D eigenvalue weighted by Crippen LogP contribution is 2.18. The third-order valence-corrected chi connectivity index (χ3v) is 5.87. The summed E-state index contributed by atoms with van der Waals surface area (Å²) >= 11 is 0. The van der Waals surface area contributed by atoms with Crippen molar-refractivity contribution in [2.24, 2.45) is 4.99 Å². The number of hydrogen-bond donors (Lipinski definition) is 3. The summed E-state index contributed by atoms with van der Waals surface area (Å²) in [5.74, 6) is 2.91. The Bertz CT molecular complexity index is 876. The van der Waals surface area contributed by atoms with Crippen molar-refractivity contribution in [2.75, 3.05) is 25.7 Å². The molecule has 0 spiro atoms. The number of aromatic nitrogens is 3. The lowest BCUT2D eigenvalue weighted by atomic mass is 10.2. The van der Waals surface area contributed by atoms with E-state index < -0.39 is 9.84 Å². The van der Waals surface area contributed by atoms with Gasteiger partial charge in [-0.25, -0.2) is 13.4 Å². The predicted octanol–water partition coefficient (Wildman–Crippen LogP) is 0.332. The van der Waals surface area contributed by atoms with Crippen molar-refractivity contribution in [3.8, 4) is 17.1 Å². The molecule has 26 heavy (non-hydrogen) atoms.